The normalized spacial score (nSPS) is 11.2. The van der Waals surface area contributed by atoms with Crippen molar-refractivity contribution in [1.82, 2.24) is 0 Å². The number of benzene rings is 2. The Hall–Kier alpha value is -2.13. The van der Waals surface area contributed by atoms with Crippen LogP contribution in [0.15, 0.2) is 60.7 Å². The van der Waals surface area contributed by atoms with Crippen LogP contribution in [0.25, 0.3) is 0 Å². The Labute approximate surface area is 132 Å². The standard InChI is InChI=1S/C19H24NO2/c1-20(2,16-18-11-7-4-8-12-18)13-14-22-19(21)15-17-9-5-3-6-10-17/h3-12H,13-16H2,1-2H3/q+1. The lowest BCUT2D eigenvalue weighted by molar-refractivity contribution is -0.903. The van der Waals surface area contributed by atoms with Crippen LogP contribution < -0.4 is 0 Å². The van der Waals surface area contributed by atoms with Crippen molar-refractivity contribution < 1.29 is 14.0 Å². The van der Waals surface area contributed by atoms with Gasteiger partial charge in [0.15, 0.2) is 0 Å². The predicted molar refractivity (Wildman–Crippen MR) is 88.2 cm³/mol. The molecule has 116 valence electrons. The molecule has 3 heteroatoms. The SMILES string of the molecule is C[N+](C)(CCOC(=O)Cc1ccccc1)Cc1ccccc1. The highest BCUT2D eigenvalue weighted by Gasteiger charge is 2.16. The Kier molecular flexibility index (Phi) is 5.73. The van der Waals surface area contributed by atoms with Crippen molar-refractivity contribution in [2.45, 2.75) is 13.0 Å². The Balaban J connectivity index is 1.74. The molecule has 0 aliphatic rings. The Morgan fingerprint density at radius 1 is 0.909 bits per heavy atom. The summed E-state index contributed by atoms with van der Waals surface area (Å²) in [5, 5.41) is 0. The second-order valence-electron chi connectivity index (χ2n) is 6.19. The van der Waals surface area contributed by atoms with E-state index < -0.39 is 0 Å². The topological polar surface area (TPSA) is 26.3 Å². The van der Waals surface area contributed by atoms with Gasteiger partial charge in [-0.25, -0.2) is 0 Å². The highest BCUT2D eigenvalue weighted by Crippen LogP contribution is 2.09. The summed E-state index contributed by atoms with van der Waals surface area (Å²) in [4.78, 5) is 11.8. The van der Waals surface area contributed by atoms with Crippen LogP contribution in [0.3, 0.4) is 0 Å². The minimum atomic E-state index is -0.161. The summed E-state index contributed by atoms with van der Waals surface area (Å²) in [6.45, 7) is 2.18. The lowest BCUT2D eigenvalue weighted by atomic mass is 10.2. The number of quaternary nitrogens is 1. The smallest absolute Gasteiger partial charge is 0.310 e. The van der Waals surface area contributed by atoms with Gasteiger partial charge in [-0.2, -0.15) is 0 Å². The number of hydrogen-bond acceptors (Lipinski definition) is 2. The van der Waals surface area contributed by atoms with Crippen molar-refractivity contribution in [3.63, 3.8) is 0 Å². The van der Waals surface area contributed by atoms with Crippen LogP contribution in [-0.2, 0) is 22.5 Å². The van der Waals surface area contributed by atoms with E-state index in [1.165, 1.54) is 5.56 Å². The van der Waals surface area contributed by atoms with Crippen LogP contribution in [0.2, 0.25) is 0 Å². The number of rotatable bonds is 7. The number of esters is 1. The van der Waals surface area contributed by atoms with Crippen LogP contribution in [-0.4, -0.2) is 37.7 Å². The molecule has 22 heavy (non-hydrogen) atoms. The maximum atomic E-state index is 11.8. The van der Waals surface area contributed by atoms with Crippen molar-refractivity contribution in [3.8, 4) is 0 Å². The molecule has 0 saturated heterocycles. The van der Waals surface area contributed by atoms with Crippen molar-refractivity contribution in [3.05, 3.63) is 71.8 Å². The molecule has 0 amide bonds. The van der Waals surface area contributed by atoms with Gasteiger partial charge in [0.1, 0.15) is 19.7 Å². The highest BCUT2D eigenvalue weighted by atomic mass is 16.5. The van der Waals surface area contributed by atoms with Crippen molar-refractivity contribution in [2.75, 3.05) is 27.2 Å². The molecule has 0 fully saturated rings. The first-order chi connectivity index (χ1) is 10.6. The van der Waals surface area contributed by atoms with Crippen LogP contribution in [0.1, 0.15) is 11.1 Å². The predicted octanol–water partition coefficient (Wildman–Crippen LogP) is 3.05. The van der Waals surface area contributed by atoms with Crippen molar-refractivity contribution >= 4 is 5.97 Å². The number of hydrogen-bond donors (Lipinski definition) is 0. The molecule has 0 aliphatic heterocycles. The minimum absolute atomic E-state index is 0.161. The summed E-state index contributed by atoms with van der Waals surface area (Å²) in [7, 11) is 4.30. The molecule has 0 spiro atoms. The van der Waals surface area contributed by atoms with Gasteiger partial charge in [-0.3, -0.25) is 4.79 Å². The lowest BCUT2D eigenvalue weighted by Crippen LogP contribution is -2.41. The number of ether oxygens (including phenoxy) is 1. The molecule has 2 aromatic carbocycles. The summed E-state index contributed by atoms with van der Waals surface area (Å²) in [5.74, 6) is -0.161. The largest absolute Gasteiger partial charge is 0.459 e. The van der Waals surface area contributed by atoms with E-state index in [-0.39, 0.29) is 5.97 Å². The third kappa shape index (κ3) is 5.70. The summed E-state index contributed by atoms with van der Waals surface area (Å²) in [6, 6.07) is 20.1. The Morgan fingerprint density at radius 2 is 1.45 bits per heavy atom. The summed E-state index contributed by atoms with van der Waals surface area (Å²) in [5.41, 5.74) is 2.29. The molecule has 0 bridgehead atoms. The van der Waals surface area contributed by atoms with Crippen LogP contribution in [0.4, 0.5) is 0 Å². The van der Waals surface area contributed by atoms with E-state index in [1.807, 2.05) is 36.4 Å². The number of likely N-dealkylation sites (N-methyl/N-ethyl adjacent to an activating group) is 1. The average molecular weight is 298 g/mol. The number of nitrogens with zero attached hydrogens (tertiary/aromatic N) is 1. The molecule has 0 atom stereocenters. The van der Waals surface area contributed by atoms with Gasteiger partial charge < -0.3 is 9.22 Å². The van der Waals surface area contributed by atoms with Gasteiger partial charge >= 0.3 is 5.97 Å². The van der Waals surface area contributed by atoms with E-state index in [9.17, 15) is 4.79 Å². The van der Waals surface area contributed by atoms with Gasteiger partial charge in [-0.15, -0.1) is 0 Å². The van der Waals surface area contributed by atoms with Crippen molar-refractivity contribution in [1.29, 1.82) is 0 Å². The van der Waals surface area contributed by atoms with Gasteiger partial charge in [0.2, 0.25) is 0 Å². The monoisotopic (exact) mass is 298 g/mol. The van der Waals surface area contributed by atoms with E-state index in [4.69, 9.17) is 4.74 Å². The van der Waals surface area contributed by atoms with Crippen LogP contribution in [0.5, 0.6) is 0 Å². The Bertz CT molecular complexity index is 579. The minimum Gasteiger partial charge on any atom is -0.459 e. The second-order valence-corrected chi connectivity index (χ2v) is 6.19. The van der Waals surface area contributed by atoms with Crippen molar-refractivity contribution in [2.24, 2.45) is 0 Å². The van der Waals surface area contributed by atoms with Gasteiger partial charge in [0, 0.05) is 5.56 Å². The molecule has 0 aromatic heterocycles. The molecule has 0 unspecified atom stereocenters. The molecular weight excluding hydrogens is 274 g/mol. The van der Waals surface area contributed by atoms with Gasteiger partial charge in [-0.1, -0.05) is 60.7 Å². The lowest BCUT2D eigenvalue weighted by Gasteiger charge is -2.29. The molecule has 0 saturated carbocycles. The second kappa shape index (κ2) is 7.76. The zero-order chi connectivity index (χ0) is 15.8. The van der Waals surface area contributed by atoms with E-state index >= 15 is 0 Å². The molecule has 2 aromatic rings. The van der Waals surface area contributed by atoms with E-state index in [0.29, 0.717) is 13.0 Å². The third-order valence-electron chi connectivity index (χ3n) is 3.60. The first kappa shape index (κ1) is 16.2. The third-order valence-corrected chi connectivity index (χ3v) is 3.60. The fourth-order valence-electron chi connectivity index (χ4n) is 2.38. The fraction of sp³-hybridized carbons (Fsp3) is 0.316. The first-order valence-corrected chi connectivity index (χ1v) is 7.61. The summed E-state index contributed by atoms with van der Waals surface area (Å²) in [6.07, 6.45) is 0.340. The average Bonchev–Trinajstić information content (AvgIpc) is 2.48. The van der Waals surface area contributed by atoms with Gasteiger partial charge in [0.05, 0.1) is 20.5 Å². The van der Waals surface area contributed by atoms with Gasteiger partial charge in [-0.05, 0) is 5.56 Å². The number of carbonyl (C=O) groups excluding carboxylic acids is 1. The van der Waals surface area contributed by atoms with Crippen LogP contribution in [0, 0.1) is 0 Å². The van der Waals surface area contributed by atoms with E-state index in [1.54, 1.807) is 0 Å². The maximum absolute atomic E-state index is 11.8. The molecule has 0 heterocycles. The van der Waals surface area contributed by atoms with Crippen LogP contribution >= 0.6 is 0 Å². The first-order valence-electron chi connectivity index (χ1n) is 7.61. The number of carbonyl (C=O) groups is 1. The Morgan fingerprint density at radius 3 is 2.05 bits per heavy atom. The molecule has 2 rings (SSSR count). The summed E-state index contributed by atoms with van der Waals surface area (Å²) < 4.78 is 6.16. The molecule has 0 radical (unpaired) electrons. The molecule has 0 N–H and O–H groups in total. The summed E-state index contributed by atoms with van der Waals surface area (Å²) >= 11 is 0. The molecular formula is C19H24NO2+. The zero-order valence-corrected chi connectivity index (χ0v) is 13.4. The molecule has 3 nitrogen and oxygen atoms in total. The maximum Gasteiger partial charge on any atom is 0.310 e. The van der Waals surface area contributed by atoms with E-state index in [0.717, 1.165) is 23.1 Å². The highest BCUT2D eigenvalue weighted by molar-refractivity contribution is 5.72. The fourth-order valence-corrected chi connectivity index (χ4v) is 2.38. The molecule has 0 aliphatic carbocycles. The van der Waals surface area contributed by atoms with E-state index in [2.05, 4.69) is 38.4 Å². The van der Waals surface area contributed by atoms with Gasteiger partial charge in [0.25, 0.3) is 0 Å². The zero-order valence-electron chi connectivity index (χ0n) is 13.4. The quantitative estimate of drug-likeness (QED) is 0.580.